The smallest absolute Gasteiger partial charge is 0.313 e. The van der Waals surface area contributed by atoms with Gasteiger partial charge in [-0.1, -0.05) is 12.1 Å². The normalized spacial score (nSPS) is 16.4. The fourth-order valence-corrected chi connectivity index (χ4v) is 4.45. The number of benzene rings is 1. The molecule has 0 bridgehead atoms. The zero-order chi connectivity index (χ0) is 18.4. The molecule has 8 nitrogen and oxygen atoms in total. The third kappa shape index (κ3) is 4.56. The molecule has 0 atom stereocenters. The van der Waals surface area contributed by atoms with Gasteiger partial charge in [-0.05, 0) is 31.9 Å². The second kappa shape index (κ2) is 8.41. The van der Waals surface area contributed by atoms with E-state index in [1.807, 2.05) is 5.48 Å². The second-order valence-electron chi connectivity index (χ2n) is 5.73. The van der Waals surface area contributed by atoms with Crippen molar-refractivity contribution in [2.45, 2.75) is 31.1 Å². The standard InChI is InChI=1S/C16H22N2O6S/c1-2-24-16(20)11-14(19)12-7-9-18(10-8-12)25(22,23)15-6-4-3-5-13(15)17-21/h3-6,12,17,21H,2,7-11H2,1H3. The van der Waals surface area contributed by atoms with Crippen molar-refractivity contribution in [3.8, 4) is 0 Å². The summed E-state index contributed by atoms with van der Waals surface area (Å²) in [5, 5.41) is 9.10. The molecule has 1 aromatic carbocycles. The monoisotopic (exact) mass is 370 g/mol. The summed E-state index contributed by atoms with van der Waals surface area (Å²) in [4.78, 5) is 23.5. The summed E-state index contributed by atoms with van der Waals surface area (Å²) in [5.41, 5.74) is 1.99. The first-order valence-electron chi connectivity index (χ1n) is 8.07. The van der Waals surface area contributed by atoms with Crippen LogP contribution in [0.3, 0.4) is 0 Å². The molecule has 1 aliphatic rings. The average Bonchev–Trinajstić information content (AvgIpc) is 2.61. The van der Waals surface area contributed by atoms with Gasteiger partial charge in [0, 0.05) is 19.0 Å². The molecule has 1 aromatic rings. The second-order valence-corrected chi connectivity index (χ2v) is 7.64. The highest BCUT2D eigenvalue weighted by molar-refractivity contribution is 7.89. The summed E-state index contributed by atoms with van der Waals surface area (Å²) in [6.45, 7) is 2.26. The van der Waals surface area contributed by atoms with Gasteiger partial charge in [-0.3, -0.25) is 20.3 Å². The first-order chi connectivity index (χ1) is 11.9. The maximum absolute atomic E-state index is 12.7. The molecule has 2 rings (SSSR count). The number of hydrogen-bond acceptors (Lipinski definition) is 7. The first-order valence-corrected chi connectivity index (χ1v) is 9.51. The van der Waals surface area contributed by atoms with E-state index in [4.69, 9.17) is 9.94 Å². The first kappa shape index (κ1) is 19.4. The fraction of sp³-hybridized carbons (Fsp3) is 0.500. The van der Waals surface area contributed by atoms with Crippen LogP contribution in [0.25, 0.3) is 0 Å². The van der Waals surface area contributed by atoms with E-state index in [0.717, 1.165) is 0 Å². The third-order valence-electron chi connectivity index (χ3n) is 4.16. The van der Waals surface area contributed by atoms with Crippen molar-refractivity contribution in [2.24, 2.45) is 5.92 Å². The van der Waals surface area contributed by atoms with Crippen molar-refractivity contribution in [3.63, 3.8) is 0 Å². The summed E-state index contributed by atoms with van der Waals surface area (Å²) < 4.78 is 31.5. The van der Waals surface area contributed by atoms with Crippen LogP contribution in [0.5, 0.6) is 0 Å². The van der Waals surface area contributed by atoms with Crippen LogP contribution < -0.4 is 5.48 Å². The van der Waals surface area contributed by atoms with Crippen LogP contribution in [0.2, 0.25) is 0 Å². The summed E-state index contributed by atoms with van der Waals surface area (Å²) in [7, 11) is -3.78. The topological polar surface area (TPSA) is 113 Å². The SMILES string of the molecule is CCOC(=O)CC(=O)C1CCN(S(=O)(=O)c2ccccc2NO)CC1. The van der Waals surface area contributed by atoms with Crippen molar-refractivity contribution in [1.82, 2.24) is 4.31 Å². The van der Waals surface area contributed by atoms with E-state index in [1.54, 1.807) is 19.1 Å². The average molecular weight is 370 g/mol. The molecule has 1 heterocycles. The Balaban J connectivity index is 2.01. The van der Waals surface area contributed by atoms with Crippen LogP contribution >= 0.6 is 0 Å². The highest BCUT2D eigenvalue weighted by Gasteiger charge is 2.33. The lowest BCUT2D eigenvalue weighted by Gasteiger charge is -2.30. The van der Waals surface area contributed by atoms with Crippen LogP contribution in [0.15, 0.2) is 29.2 Å². The molecule has 0 unspecified atom stereocenters. The number of Topliss-reactive ketones (excluding diaryl/α,β-unsaturated/α-hetero) is 1. The Labute approximate surface area is 146 Å². The van der Waals surface area contributed by atoms with Gasteiger partial charge in [-0.15, -0.1) is 0 Å². The molecule has 0 saturated carbocycles. The molecule has 138 valence electrons. The lowest BCUT2D eigenvalue weighted by molar-refractivity contribution is -0.146. The summed E-state index contributed by atoms with van der Waals surface area (Å²) in [5.74, 6) is -1.11. The van der Waals surface area contributed by atoms with E-state index >= 15 is 0 Å². The van der Waals surface area contributed by atoms with Crippen LogP contribution in [-0.4, -0.2) is 49.4 Å². The van der Waals surface area contributed by atoms with E-state index in [9.17, 15) is 18.0 Å². The van der Waals surface area contributed by atoms with E-state index in [-0.39, 0.29) is 48.4 Å². The fourth-order valence-electron chi connectivity index (χ4n) is 2.84. The lowest BCUT2D eigenvalue weighted by atomic mass is 9.92. The summed E-state index contributed by atoms with van der Waals surface area (Å²) >= 11 is 0. The van der Waals surface area contributed by atoms with Gasteiger partial charge in [-0.2, -0.15) is 4.31 Å². The molecule has 9 heteroatoms. The van der Waals surface area contributed by atoms with E-state index < -0.39 is 16.0 Å². The van der Waals surface area contributed by atoms with E-state index in [0.29, 0.717) is 12.8 Å². The molecule has 25 heavy (non-hydrogen) atoms. The predicted octanol–water partition coefficient (Wildman–Crippen LogP) is 1.41. The van der Waals surface area contributed by atoms with Crippen molar-refractivity contribution < 1.29 is 28.0 Å². The number of nitrogens with zero attached hydrogens (tertiary/aromatic N) is 1. The number of piperidine rings is 1. The Morgan fingerprint density at radius 2 is 1.92 bits per heavy atom. The number of ether oxygens (including phenoxy) is 1. The number of sulfonamides is 1. The maximum atomic E-state index is 12.7. The highest BCUT2D eigenvalue weighted by atomic mass is 32.2. The van der Waals surface area contributed by atoms with Gasteiger partial charge >= 0.3 is 5.97 Å². The number of anilines is 1. The Morgan fingerprint density at radius 3 is 2.52 bits per heavy atom. The number of esters is 1. The predicted molar refractivity (Wildman–Crippen MR) is 89.6 cm³/mol. The van der Waals surface area contributed by atoms with Crippen molar-refractivity contribution >= 4 is 27.5 Å². The molecule has 1 fully saturated rings. The minimum atomic E-state index is -3.78. The minimum absolute atomic E-state index is 0.0196. The number of rotatable bonds is 7. The van der Waals surface area contributed by atoms with Gasteiger partial charge in [0.1, 0.15) is 17.1 Å². The Morgan fingerprint density at radius 1 is 1.28 bits per heavy atom. The Hall–Kier alpha value is -1.97. The van der Waals surface area contributed by atoms with Gasteiger partial charge in [0.15, 0.2) is 0 Å². The van der Waals surface area contributed by atoms with Gasteiger partial charge in [0.05, 0.1) is 12.3 Å². The lowest BCUT2D eigenvalue weighted by Crippen LogP contribution is -2.40. The molecular weight excluding hydrogens is 348 g/mol. The number of nitrogens with one attached hydrogen (secondary N) is 1. The van der Waals surface area contributed by atoms with Crippen molar-refractivity contribution in [3.05, 3.63) is 24.3 Å². The van der Waals surface area contributed by atoms with Gasteiger partial charge in [-0.25, -0.2) is 8.42 Å². The van der Waals surface area contributed by atoms with Gasteiger partial charge in [0.2, 0.25) is 10.0 Å². The van der Waals surface area contributed by atoms with Crippen LogP contribution in [0, 0.1) is 5.92 Å². The molecule has 1 aliphatic heterocycles. The Kier molecular flexibility index (Phi) is 6.51. The van der Waals surface area contributed by atoms with E-state index in [1.165, 1.54) is 16.4 Å². The molecule has 1 saturated heterocycles. The number of carbonyl (C=O) groups excluding carboxylic acids is 2. The van der Waals surface area contributed by atoms with E-state index in [2.05, 4.69) is 0 Å². The minimum Gasteiger partial charge on any atom is -0.466 e. The molecule has 0 aliphatic carbocycles. The summed E-state index contributed by atoms with van der Waals surface area (Å²) in [6.07, 6.45) is 0.431. The zero-order valence-electron chi connectivity index (χ0n) is 14.0. The van der Waals surface area contributed by atoms with Crippen molar-refractivity contribution in [1.29, 1.82) is 0 Å². The number of hydrogen-bond donors (Lipinski definition) is 2. The number of carbonyl (C=O) groups is 2. The summed E-state index contributed by atoms with van der Waals surface area (Å²) in [6, 6.07) is 6.05. The molecule has 0 aromatic heterocycles. The maximum Gasteiger partial charge on any atom is 0.313 e. The van der Waals surface area contributed by atoms with Crippen LogP contribution in [0.1, 0.15) is 26.2 Å². The van der Waals surface area contributed by atoms with Gasteiger partial charge < -0.3 is 4.74 Å². The van der Waals surface area contributed by atoms with Crippen molar-refractivity contribution in [2.75, 3.05) is 25.2 Å². The molecule has 0 spiro atoms. The number of ketones is 1. The third-order valence-corrected chi connectivity index (χ3v) is 6.12. The zero-order valence-corrected chi connectivity index (χ0v) is 14.8. The molecule has 2 N–H and O–H groups in total. The van der Waals surface area contributed by atoms with Crippen LogP contribution in [0.4, 0.5) is 5.69 Å². The number of para-hydroxylation sites is 1. The highest BCUT2D eigenvalue weighted by Crippen LogP contribution is 2.28. The molecule has 0 amide bonds. The largest absolute Gasteiger partial charge is 0.466 e. The van der Waals surface area contributed by atoms with Crippen LogP contribution in [-0.2, 0) is 24.3 Å². The molecular formula is C16H22N2O6S. The van der Waals surface area contributed by atoms with Gasteiger partial charge in [0.25, 0.3) is 0 Å². The Bertz CT molecular complexity index is 726. The molecule has 0 radical (unpaired) electrons. The quantitative estimate of drug-likeness (QED) is 0.424.